The molecule has 1 aliphatic carbocycles. The fourth-order valence-corrected chi connectivity index (χ4v) is 9.41. The molecule has 9 aromatic carbocycles. The molecule has 0 atom stereocenters. The van der Waals surface area contributed by atoms with Crippen LogP contribution in [-0.4, -0.2) is 9.97 Å². The number of hydrogen-bond acceptors (Lipinski definition) is 2. The molecular weight excluding hydrogens is 689 g/mol. The lowest BCUT2D eigenvalue weighted by molar-refractivity contribution is 0.666. The van der Waals surface area contributed by atoms with Crippen LogP contribution < -0.4 is 0 Å². The second-order valence-electron chi connectivity index (χ2n) is 15.7. The third kappa shape index (κ3) is 5.33. The highest BCUT2D eigenvalue weighted by Crippen LogP contribution is 2.55. The average Bonchev–Trinajstić information content (AvgIpc) is 3.52. The fraction of sp³-hybridized carbons (Fsp3) is 0.0545. The van der Waals surface area contributed by atoms with Crippen molar-refractivity contribution in [2.75, 3.05) is 0 Å². The molecule has 0 saturated heterocycles. The Morgan fingerprint density at radius 3 is 1.74 bits per heavy atom. The summed E-state index contributed by atoms with van der Waals surface area (Å²) in [6.45, 7) is 4.76. The summed E-state index contributed by atoms with van der Waals surface area (Å²) in [6, 6.07) is 70.1. The van der Waals surface area contributed by atoms with Crippen molar-refractivity contribution in [3.05, 3.63) is 205 Å². The van der Waals surface area contributed by atoms with Gasteiger partial charge in [0.15, 0.2) is 5.82 Å². The summed E-state index contributed by atoms with van der Waals surface area (Å²) in [6.07, 6.45) is 0. The molecule has 268 valence electrons. The van der Waals surface area contributed by atoms with Crippen LogP contribution in [-0.2, 0) is 5.41 Å². The minimum absolute atomic E-state index is 0.132. The van der Waals surface area contributed by atoms with E-state index in [-0.39, 0.29) is 5.41 Å². The molecule has 0 N–H and O–H groups in total. The largest absolute Gasteiger partial charge is 0.228 e. The van der Waals surface area contributed by atoms with Gasteiger partial charge in [-0.05, 0) is 89.0 Å². The summed E-state index contributed by atoms with van der Waals surface area (Å²) >= 11 is 0. The predicted octanol–water partition coefficient (Wildman–Crippen LogP) is 14.6. The molecule has 1 heterocycles. The lowest BCUT2D eigenvalue weighted by Crippen LogP contribution is -2.15. The minimum Gasteiger partial charge on any atom is -0.228 e. The van der Waals surface area contributed by atoms with Gasteiger partial charge >= 0.3 is 0 Å². The molecule has 0 unspecified atom stereocenters. The number of fused-ring (bicyclic) bond motifs is 7. The second-order valence-corrected chi connectivity index (χ2v) is 15.7. The topological polar surface area (TPSA) is 25.8 Å². The summed E-state index contributed by atoms with van der Waals surface area (Å²) in [4.78, 5) is 10.5. The standard InChI is InChI=1S/C55H38N2/c1-55(2)49-28-14-27-47(52(49)48-30-29-36-16-7-9-23-42(36)53(48)55)45-31-32-46(44-25-11-10-24-43(44)45)51-34-50(56-54(57-51)37-17-4-3-5-18-37)39-21-12-20-38(33-39)41-26-13-19-35-15-6-8-22-40(35)41/h3-34H,1-2H3. The molecule has 10 aromatic rings. The van der Waals surface area contributed by atoms with E-state index in [1.54, 1.807) is 0 Å². The molecule has 0 bridgehead atoms. The second kappa shape index (κ2) is 13.0. The lowest BCUT2D eigenvalue weighted by Gasteiger charge is -2.23. The van der Waals surface area contributed by atoms with Crippen LogP contribution in [0, 0.1) is 0 Å². The fourth-order valence-electron chi connectivity index (χ4n) is 9.41. The van der Waals surface area contributed by atoms with Crippen molar-refractivity contribution >= 4 is 32.3 Å². The number of aromatic nitrogens is 2. The number of nitrogens with zero attached hydrogens (tertiary/aromatic N) is 2. The van der Waals surface area contributed by atoms with Crippen molar-refractivity contribution in [3.8, 4) is 67.3 Å². The summed E-state index contributed by atoms with van der Waals surface area (Å²) in [7, 11) is 0. The molecular formula is C55H38N2. The first kappa shape index (κ1) is 33.2. The van der Waals surface area contributed by atoms with Crippen molar-refractivity contribution in [3.63, 3.8) is 0 Å². The molecule has 1 aromatic heterocycles. The SMILES string of the molecule is CC1(C)c2cccc(-c3ccc(-c4cc(-c5cccc(-c6cccc7ccccc67)c5)nc(-c5ccccc5)n4)c4ccccc34)c2-c2ccc3ccccc3c21. The van der Waals surface area contributed by atoms with Gasteiger partial charge in [0.2, 0.25) is 0 Å². The van der Waals surface area contributed by atoms with Crippen LogP contribution in [0.1, 0.15) is 25.0 Å². The summed E-state index contributed by atoms with van der Waals surface area (Å²) in [5.41, 5.74) is 15.1. The molecule has 0 radical (unpaired) electrons. The van der Waals surface area contributed by atoms with Crippen LogP contribution in [0.3, 0.4) is 0 Å². The van der Waals surface area contributed by atoms with E-state index < -0.39 is 0 Å². The van der Waals surface area contributed by atoms with Gasteiger partial charge in [-0.15, -0.1) is 0 Å². The number of rotatable bonds is 5. The highest BCUT2D eigenvalue weighted by molar-refractivity contribution is 6.09. The van der Waals surface area contributed by atoms with E-state index in [1.165, 1.54) is 65.9 Å². The van der Waals surface area contributed by atoms with Crippen molar-refractivity contribution in [2.24, 2.45) is 0 Å². The minimum atomic E-state index is -0.132. The van der Waals surface area contributed by atoms with Crippen LogP contribution in [0.25, 0.3) is 99.6 Å². The van der Waals surface area contributed by atoms with Gasteiger partial charge in [-0.3, -0.25) is 0 Å². The Balaban J connectivity index is 1.09. The van der Waals surface area contributed by atoms with Gasteiger partial charge in [-0.1, -0.05) is 196 Å². The predicted molar refractivity (Wildman–Crippen MR) is 239 cm³/mol. The molecule has 11 rings (SSSR count). The van der Waals surface area contributed by atoms with Gasteiger partial charge in [0.25, 0.3) is 0 Å². The molecule has 0 aliphatic heterocycles. The van der Waals surface area contributed by atoms with E-state index in [1.807, 2.05) is 6.07 Å². The van der Waals surface area contributed by atoms with E-state index in [2.05, 4.69) is 202 Å². The first-order valence-corrected chi connectivity index (χ1v) is 19.7. The molecule has 0 spiro atoms. The van der Waals surface area contributed by atoms with Crippen LogP contribution >= 0.6 is 0 Å². The zero-order valence-corrected chi connectivity index (χ0v) is 31.9. The Labute approximate surface area is 332 Å². The first-order valence-electron chi connectivity index (χ1n) is 19.7. The van der Waals surface area contributed by atoms with Gasteiger partial charge < -0.3 is 0 Å². The quantitative estimate of drug-likeness (QED) is 0.176. The van der Waals surface area contributed by atoms with E-state index in [0.29, 0.717) is 5.82 Å². The molecule has 2 heteroatoms. The number of benzene rings is 9. The summed E-state index contributed by atoms with van der Waals surface area (Å²) < 4.78 is 0. The van der Waals surface area contributed by atoms with Gasteiger partial charge in [0.1, 0.15) is 0 Å². The molecule has 57 heavy (non-hydrogen) atoms. The van der Waals surface area contributed by atoms with E-state index >= 15 is 0 Å². The van der Waals surface area contributed by atoms with E-state index in [9.17, 15) is 0 Å². The normalized spacial score (nSPS) is 12.9. The Morgan fingerprint density at radius 1 is 0.351 bits per heavy atom. The maximum atomic E-state index is 5.30. The Bertz CT molecular complexity index is 3210. The van der Waals surface area contributed by atoms with Crippen LogP contribution in [0.15, 0.2) is 194 Å². The lowest BCUT2D eigenvalue weighted by atomic mass is 9.80. The van der Waals surface area contributed by atoms with Crippen LogP contribution in [0.5, 0.6) is 0 Å². The van der Waals surface area contributed by atoms with Gasteiger partial charge in [-0.25, -0.2) is 9.97 Å². The highest BCUT2D eigenvalue weighted by atomic mass is 14.9. The monoisotopic (exact) mass is 726 g/mol. The highest BCUT2D eigenvalue weighted by Gasteiger charge is 2.38. The maximum absolute atomic E-state index is 5.30. The molecule has 1 aliphatic rings. The maximum Gasteiger partial charge on any atom is 0.160 e. The van der Waals surface area contributed by atoms with Crippen molar-refractivity contribution < 1.29 is 0 Å². The third-order valence-corrected chi connectivity index (χ3v) is 12.1. The molecule has 0 fully saturated rings. The van der Waals surface area contributed by atoms with Gasteiger partial charge in [-0.2, -0.15) is 0 Å². The van der Waals surface area contributed by atoms with Gasteiger partial charge in [0.05, 0.1) is 11.4 Å². The Hall–Kier alpha value is -7.16. The van der Waals surface area contributed by atoms with Crippen LogP contribution in [0.4, 0.5) is 0 Å². The zero-order valence-electron chi connectivity index (χ0n) is 31.9. The zero-order chi connectivity index (χ0) is 38.1. The van der Waals surface area contributed by atoms with Crippen molar-refractivity contribution in [1.82, 2.24) is 9.97 Å². The van der Waals surface area contributed by atoms with Crippen molar-refractivity contribution in [2.45, 2.75) is 19.3 Å². The van der Waals surface area contributed by atoms with Crippen molar-refractivity contribution in [1.29, 1.82) is 0 Å². The first-order chi connectivity index (χ1) is 28.0. The molecule has 2 nitrogen and oxygen atoms in total. The Morgan fingerprint density at radius 2 is 0.912 bits per heavy atom. The van der Waals surface area contributed by atoms with E-state index in [0.717, 1.165) is 39.0 Å². The molecule has 0 saturated carbocycles. The number of hydrogen-bond donors (Lipinski definition) is 0. The summed E-state index contributed by atoms with van der Waals surface area (Å²) in [5.74, 6) is 0.707. The third-order valence-electron chi connectivity index (χ3n) is 12.1. The molecule has 0 amide bonds. The Kier molecular flexibility index (Phi) is 7.55. The van der Waals surface area contributed by atoms with E-state index in [4.69, 9.17) is 9.97 Å². The van der Waals surface area contributed by atoms with Crippen LogP contribution in [0.2, 0.25) is 0 Å². The van der Waals surface area contributed by atoms with Gasteiger partial charge in [0, 0.05) is 22.1 Å². The average molecular weight is 727 g/mol. The summed E-state index contributed by atoms with van der Waals surface area (Å²) in [5, 5.41) is 7.45. The smallest absolute Gasteiger partial charge is 0.160 e.